The highest BCUT2D eigenvalue weighted by Crippen LogP contribution is 2.21. The summed E-state index contributed by atoms with van der Waals surface area (Å²) in [4.78, 5) is 10.8. The van der Waals surface area contributed by atoms with Gasteiger partial charge in [-0.25, -0.2) is 0 Å². The van der Waals surface area contributed by atoms with E-state index in [4.69, 9.17) is 4.74 Å². The number of carbonyl (C=O) groups is 1. The van der Waals surface area contributed by atoms with Gasteiger partial charge in [0.2, 0.25) is 5.91 Å². The lowest BCUT2D eigenvalue weighted by molar-refractivity contribution is -0.119. The van der Waals surface area contributed by atoms with E-state index in [1.165, 1.54) is 25.3 Å². The van der Waals surface area contributed by atoms with E-state index >= 15 is 0 Å². The number of rotatable bonds is 2. The first-order chi connectivity index (χ1) is 6.34. The van der Waals surface area contributed by atoms with Gasteiger partial charge in [0, 0.05) is 6.08 Å². The summed E-state index contributed by atoms with van der Waals surface area (Å²) in [6.07, 6.45) is 9.62. The van der Waals surface area contributed by atoms with Gasteiger partial charge in [-0.3, -0.25) is 4.79 Å². The van der Waals surface area contributed by atoms with Gasteiger partial charge in [0.1, 0.15) is 6.23 Å². The van der Waals surface area contributed by atoms with Crippen LogP contribution < -0.4 is 5.32 Å². The molecule has 0 aromatic carbocycles. The third-order valence-electron chi connectivity index (χ3n) is 2.60. The summed E-state index contributed by atoms with van der Waals surface area (Å²) in [5.41, 5.74) is 0. The minimum Gasteiger partial charge on any atom is -0.352 e. The molecule has 0 bridgehead atoms. The zero-order valence-corrected chi connectivity index (χ0v) is 7.66. The smallest absolute Gasteiger partial charge is 0.246 e. The number of nitrogens with one attached hydrogen (secondary N) is 1. The monoisotopic (exact) mass is 181 g/mol. The van der Waals surface area contributed by atoms with Crippen molar-refractivity contribution in [3.05, 3.63) is 12.2 Å². The maximum absolute atomic E-state index is 10.8. The molecule has 1 fully saturated rings. The zero-order valence-electron chi connectivity index (χ0n) is 7.66. The van der Waals surface area contributed by atoms with Crippen molar-refractivity contribution < 1.29 is 9.53 Å². The van der Waals surface area contributed by atoms with Crippen molar-refractivity contribution in [2.45, 2.75) is 44.4 Å². The van der Waals surface area contributed by atoms with E-state index in [2.05, 4.69) is 5.32 Å². The highest BCUT2D eigenvalue weighted by molar-refractivity contribution is 5.90. The average Bonchev–Trinajstić information content (AvgIpc) is 2.53. The first kappa shape index (κ1) is 8.75. The molecule has 3 heteroatoms. The van der Waals surface area contributed by atoms with Crippen molar-refractivity contribution in [3.8, 4) is 0 Å². The molecule has 1 saturated carbocycles. The van der Waals surface area contributed by atoms with E-state index in [1.54, 1.807) is 6.08 Å². The van der Waals surface area contributed by atoms with Crippen molar-refractivity contribution in [1.82, 2.24) is 5.32 Å². The molecule has 0 aromatic heterocycles. The summed E-state index contributed by atoms with van der Waals surface area (Å²) in [6.45, 7) is 0. The van der Waals surface area contributed by atoms with E-state index < -0.39 is 0 Å². The van der Waals surface area contributed by atoms with E-state index in [1.807, 2.05) is 0 Å². The summed E-state index contributed by atoms with van der Waals surface area (Å²) in [5.74, 6) is -0.0409. The largest absolute Gasteiger partial charge is 0.352 e. The number of amides is 1. The molecule has 0 radical (unpaired) electrons. The number of hydrogen-bond donors (Lipinski definition) is 1. The fraction of sp³-hybridized carbons (Fsp3) is 0.700. The van der Waals surface area contributed by atoms with Gasteiger partial charge in [-0.1, -0.05) is 19.3 Å². The summed E-state index contributed by atoms with van der Waals surface area (Å²) < 4.78 is 5.70. The first-order valence-electron chi connectivity index (χ1n) is 4.99. The van der Waals surface area contributed by atoms with Gasteiger partial charge in [-0.15, -0.1) is 0 Å². The quantitative estimate of drug-likeness (QED) is 0.698. The third kappa shape index (κ3) is 2.31. The topological polar surface area (TPSA) is 38.3 Å². The van der Waals surface area contributed by atoms with Crippen molar-refractivity contribution in [2.24, 2.45) is 0 Å². The zero-order chi connectivity index (χ0) is 9.10. The molecule has 0 saturated heterocycles. The summed E-state index contributed by atoms with van der Waals surface area (Å²) >= 11 is 0. The van der Waals surface area contributed by atoms with Crippen molar-refractivity contribution in [2.75, 3.05) is 0 Å². The Balaban J connectivity index is 1.77. The highest BCUT2D eigenvalue weighted by Gasteiger charge is 2.20. The minimum atomic E-state index is -0.171. The van der Waals surface area contributed by atoms with Gasteiger partial charge in [0.25, 0.3) is 0 Å². The van der Waals surface area contributed by atoms with Crippen LogP contribution in [-0.2, 0) is 9.53 Å². The molecule has 13 heavy (non-hydrogen) atoms. The van der Waals surface area contributed by atoms with Crippen LogP contribution in [0.25, 0.3) is 0 Å². The Morgan fingerprint density at radius 1 is 1.31 bits per heavy atom. The first-order valence-corrected chi connectivity index (χ1v) is 4.99. The number of hydrogen-bond acceptors (Lipinski definition) is 2. The van der Waals surface area contributed by atoms with Crippen LogP contribution >= 0.6 is 0 Å². The predicted octanol–water partition coefficient (Wildman–Crippen LogP) is 1.35. The molecule has 0 aromatic rings. The molecule has 1 atom stereocenters. The Morgan fingerprint density at radius 2 is 2.08 bits per heavy atom. The van der Waals surface area contributed by atoms with Gasteiger partial charge >= 0.3 is 0 Å². The van der Waals surface area contributed by atoms with Crippen LogP contribution in [0.4, 0.5) is 0 Å². The molecule has 3 nitrogen and oxygen atoms in total. The van der Waals surface area contributed by atoms with Crippen molar-refractivity contribution in [1.29, 1.82) is 0 Å². The van der Waals surface area contributed by atoms with Crippen LogP contribution in [0.1, 0.15) is 32.1 Å². The van der Waals surface area contributed by atoms with Gasteiger partial charge < -0.3 is 10.1 Å². The van der Waals surface area contributed by atoms with Gasteiger partial charge in [0.05, 0.1) is 6.10 Å². The normalized spacial score (nSPS) is 29.2. The number of carbonyl (C=O) groups excluding carboxylic acids is 1. The van der Waals surface area contributed by atoms with Gasteiger partial charge in [-0.2, -0.15) is 0 Å². The molecule has 1 heterocycles. The molecule has 1 N–H and O–H groups in total. The second kappa shape index (κ2) is 3.92. The van der Waals surface area contributed by atoms with Crippen LogP contribution in [0.15, 0.2) is 12.2 Å². The molecule has 72 valence electrons. The highest BCUT2D eigenvalue weighted by atomic mass is 16.5. The van der Waals surface area contributed by atoms with Crippen LogP contribution in [0.3, 0.4) is 0 Å². The van der Waals surface area contributed by atoms with Gasteiger partial charge in [-0.05, 0) is 18.9 Å². The molecule has 0 spiro atoms. The van der Waals surface area contributed by atoms with Crippen LogP contribution in [0, 0.1) is 0 Å². The lowest BCUT2D eigenvalue weighted by Gasteiger charge is -2.24. The Hall–Kier alpha value is -0.830. The second-order valence-corrected chi connectivity index (χ2v) is 3.68. The molecule has 1 aliphatic heterocycles. The third-order valence-corrected chi connectivity index (χ3v) is 2.60. The standard InChI is InChI=1S/C10H15NO2/c12-9-6-7-10(11-9)13-8-4-2-1-3-5-8/h6-8,10H,1-5H2,(H,11,12). The lowest BCUT2D eigenvalue weighted by atomic mass is 9.98. The average molecular weight is 181 g/mol. The lowest BCUT2D eigenvalue weighted by Crippen LogP contribution is -2.33. The minimum absolute atomic E-state index is 0.0409. The molecular formula is C10H15NO2. The SMILES string of the molecule is O=C1C=CC(OC2CCCCC2)N1. The van der Waals surface area contributed by atoms with E-state index in [-0.39, 0.29) is 12.1 Å². The fourth-order valence-electron chi connectivity index (χ4n) is 1.90. The molecule has 2 aliphatic rings. The molecular weight excluding hydrogens is 166 g/mol. The van der Waals surface area contributed by atoms with E-state index in [9.17, 15) is 4.79 Å². The summed E-state index contributed by atoms with van der Waals surface area (Å²) in [7, 11) is 0. The van der Waals surface area contributed by atoms with Gasteiger partial charge in [0.15, 0.2) is 0 Å². The molecule has 2 rings (SSSR count). The molecule has 1 unspecified atom stereocenters. The maximum Gasteiger partial charge on any atom is 0.246 e. The molecule has 1 aliphatic carbocycles. The number of ether oxygens (including phenoxy) is 1. The Labute approximate surface area is 78.1 Å². The van der Waals surface area contributed by atoms with Crippen molar-refractivity contribution >= 4 is 5.91 Å². The fourth-order valence-corrected chi connectivity index (χ4v) is 1.90. The second-order valence-electron chi connectivity index (χ2n) is 3.68. The predicted molar refractivity (Wildman–Crippen MR) is 49.0 cm³/mol. The van der Waals surface area contributed by atoms with Crippen LogP contribution in [-0.4, -0.2) is 18.2 Å². The van der Waals surface area contributed by atoms with E-state index in [0.29, 0.717) is 6.10 Å². The summed E-state index contributed by atoms with van der Waals surface area (Å²) in [6, 6.07) is 0. The van der Waals surface area contributed by atoms with E-state index in [0.717, 1.165) is 12.8 Å². The van der Waals surface area contributed by atoms with Crippen molar-refractivity contribution in [3.63, 3.8) is 0 Å². The Morgan fingerprint density at radius 3 is 2.69 bits per heavy atom. The van der Waals surface area contributed by atoms with Crippen LogP contribution in [0.5, 0.6) is 0 Å². The summed E-state index contributed by atoms with van der Waals surface area (Å²) in [5, 5.41) is 2.73. The maximum atomic E-state index is 10.8. The Bertz CT molecular complexity index is 219. The molecule has 1 amide bonds. The van der Waals surface area contributed by atoms with Crippen LogP contribution in [0.2, 0.25) is 0 Å². The Kier molecular flexibility index (Phi) is 2.64.